The molecule has 0 radical (unpaired) electrons. The second-order valence-corrected chi connectivity index (χ2v) is 7.79. The number of benzene rings is 2. The highest BCUT2D eigenvalue weighted by atomic mass is 16.5. The number of carbonyl (C=O) groups is 2. The summed E-state index contributed by atoms with van der Waals surface area (Å²) in [6, 6.07) is 15.9. The number of aryl methyl sites for hydroxylation is 1. The lowest BCUT2D eigenvalue weighted by molar-refractivity contribution is -0.142. The molecule has 0 aliphatic carbocycles. The van der Waals surface area contributed by atoms with Gasteiger partial charge in [0.2, 0.25) is 0 Å². The van der Waals surface area contributed by atoms with Crippen LogP contribution in [0.5, 0.6) is 11.5 Å². The van der Waals surface area contributed by atoms with Crippen molar-refractivity contribution >= 4 is 22.8 Å². The molecule has 0 aliphatic rings. The first-order valence-electron chi connectivity index (χ1n) is 10.7. The van der Waals surface area contributed by atoms with E-state index in [4.69, 9.17) is 18.6 Å². The molecule has 0 unspecified atom stereocenters. The second-order valence-electron chi connectivity index (χ2n) is 7.79. The monoisotopic (exact) mass is 462 g/mol. The summed E-state index contributed by atoms with van der Waals surface area (Å²) in [5.74, 6) is 1.09. The van der Waals surface area contributed by atoms with Gasteiger partial charge in [0, 0.05) is 23.2 Å². The minimum Gasteiger partial charge on any atom is -0.493 e. The molecule has 4 aromatic rings. The number of hydrogen-bond donors (Lipinski definition) is 2. The molecule has 1 atom stereocenters. The number of methoxy groups -OCH3 is 3. The van der Waals surface area contributed by atoms with Crippen molar-refractivity contribution in [2.24, 2.45) is 0 Å². The Hall–Kier alpha value is -4.20. The normalized spacial score (nSPS) is 11.8. The number of amides is 1. The van der Waals surface area contributed by atoms with Gasteiger partial charge in [0.15, 0.2) is 11.5 Å². The van der Waals surface area contributed by atoms with Crippen molar-refractivity contribution in [3.05, 3.63) is 71.6 Å². The van der Waals surface area contributed by atoms with Gasteiger partial charge < -0.3 is 28.9 Å². The van der Waals surface area contributed by atoms with Gasteiger partial charge in [0.1, 0.15) is 17.6 Å². The van der Waals surface area contributed by atoms with E-state index in [0.717, 1.165) is 22.2 Å². The van der Waals surface area contributed by atoms with E-state index in [2.05, 4.69) is 10.3 Å². The van der Waals surface area contributed by atoms with Crippen molar-refractivity contribution in [2.45, 2.75) is 19.4 Å². The largest absolute Gasteiger partial charge is 0.493 e. The average Bonchev–Trinajstić information content (AvgIpc) is 3.45. The minimum atomic E-state index is -0.871. The van der Waals surface area contributed by atoms with Crippen molar-refractivity contribution in [3.8, 4) is 22.8 Å². The van der Waals surface area contributed by atoms with Gasteiger partial charge in [-0.15, -0.1) is 0 Å². The van der Waals surface area contributed by atoms with Gasteiger partial charge in [-0.1, -0.05) is 18.2 Å². The average molecular weight is 463 g/mol. The summed E-state index contributed by atoms with van der Waals surface area (Å²) in [5, 5.41) is 3.81. The Kier molecular flexibility index (Phi) is 6.58. The van der Waals surface area contributed by atoms with Crippen LogP contribution >= 0.6 is 0 Å². The molecular weight excluding hydrogens is 436 g/mol. The number of H-pyrrole nitrogens is 1. The summed E-state index contributed by atoms with van der Waals surface area (Å²) >= 11 is 0. The molecule has 0 fully saturated rings. The molecule has 0 saturated heterocycles. The smallest absolute Gasteiger partial charge is 0.328 e. The third kappa shape index (κ3) is 4.61. The van der Waals surface area contributed by atoms with Crippen LogP contribution in [0.4, 0.5) is 0 Å². The van der Waals surface area contributed by atoms with Crippen molar-refractivity contribution in [2.75, 3.05) is 21.3 Å². The highest BCUT2D eigenvalue weighted by molar-refractivity contribution is 5.98. The van der Waals surface area contributed by atoms with Crippen LogP contribution in [0, 0.1) is 6.92 Å². The van der Waals surface area contributed by atoms with Gasteiger partial charge in [0.25, 0.3) is 5.91 Å². The SMILES string of the molecule is COC(=O)[C@H](Cc1cc2ccccc2[nH]1)NC(=O)c1cc(-c2ccc(OC)c(OC)c2)oc1C. The van der Waals surface area contributed by atoms with E-state index in [1.165, 1.54) is 7.11 Å². The summed E-state index contributed by atoms with van der Waals surface area (Å²) in [6.07, 6.45) is 0.256. The number of hydrogen-bond acceptors (Lipinski definition) is 6. The summed E-state index contributed by atoms with van der Waals surface area (Å²) in [5.41, 5.74) is 2.82. The van der Waals surface area contributed by atoms with E-state index in [0.29, 0.717) is 28.6 Å². The molecular formula is C26H26N2O6. The Labute approximate surface area is 196 Å². The van der Waals surface area contributed by atoms with Crippen molar-refractivity contribution in [1.29, 1.82) is 0 Å². The number of ether oxygens (including phenoxy) is 3. The van der Waals surface area contributed by atoms with Gasteiger partial charge in [-0.25, -0.2) is 4.79 Å². The van der Waals surface area contributed by atoms with Crippen LogP contribution in [0.25, 0.3) is 22.2 Å². The predicted octanol–water partition coefficient (Wildman–Crippen LogP) is 4.27. The summed E-state index contributed by atoms with van der Waals surface area (Å²) < 4.78 is 21.4. The maximum Gasteiger partial charge on any atom is 0.328 e. The number of aromatic amines is 1. The fraction of sp³-hybridized carbons (Fsp3) is 0.231. The Morgan fingerprint density at radius 2 is 1.76 bits per heavy atom. The Balaban J connectivity index is 1.56. The lowest BCUT2D eigenvalue weighted by Crippen LogP contribution is -2.43. The highest BCUT2D eigenvalue weighted by Crippen LogP contribution is 2.34. The molecule has 0 bridgehead atoms. The molecule has 2 N–H and O–H groups in total. The Morgan fingerprint density at radius 3 is 2.47 bits per heavy atom. The van der Waals surface area contributed by atoms with E-state index in [9.17, 15) is 9.59 Å². The van der Waals surface area contributed by atoms with Crippen LogP contribution in [-0.4, -0.2) is 44.2 Å². The molecule has 2 heterocycles. The lowest BCUT2D eigenvalue weighted by Gasteiger charge is -2.15. The third-order valence-corrected chi connectivity index (χ3v) is 5.63. The zero-order valence-corrected chi connectivity index (χ0v) is 19.4. The van der Waals surface area contributed by atoms with E-state index in [1.807, 2.05) is 36.4 Å². The molecule has 8 heteroatoms. The maximum atomic E-state index is 13.1. The van der Waals surface area contributed by atoms with E-state index in [1.54, 1.807) is 39.3 Å². The topological polar surface area (TPSA) is 103 Å². The molecule has 34 heavy (non-hydrogen) atoms. The number of nitrogens with one attached hydrogen (secondary N) is 2. The number of carbonyl (C=O) groups excluding carboxylic acids is 2. The standard InChI is InChI=1S/C26H26N2O6/c1-15-19(14-23(34-15)17-9-10-22(31-2)24(12-17)32-3)25(29)28-21(26(30)33-4)13-18-11-16-7-5-6-8-20(16)27-18/h5-12,14,21,27H,13H2,1-4H3,(H,28,29)/t21-/m0/s1. The number of fused-ring (bicyclic) bond motifs is 1. The lowest BCUT2D eigenvalue weighted by atomic mass is 10.1. The molecule has 0 spiro atoms. The molecule has 1 amide bonds. The Bertz CT molecular complexity index is 1300. The highest BCUT2D eigenvalue weighted by Gasteiger charge is 2.26. The van der Waals surface area contributed by atoms with E-state index < -0.39 is 17.9 Å². The van der Waals surface area contributed by atoms with Crippen molar-refractivity contribution in [1.82, 2.24) is 10.3 Å². The molecule has 176 valence electrons. The van der Waals surface area contributed by atoms with Gasteiger partial charge >= 0.3 is 5.97 Å². The van der Waals surface area contributed by atoms with Crippen LogP contribution in [-0.2, 0) is 16.0 Å². The quantitative estimate of drug-likeness (QED) is 0.379. The van der Waals surface area contributed by atoms with Gasteiger partial charge in [-0.05, 0) is 48.7 Å². The van der Waals surface area contributed by atoms with Crippen LogP contribution in [0.1, 0.15) is 21.8 Å². The van der Waals surface area contributed by atoms with Crippen molar-refractivity contribution in [3.63, 3.8) is 0 Å². The second kappa shape index (κ2) is 9.74. The van der Waals surface area contributed by atoms with Crippen LogP contribution in [0.2, 0.25) is 0 Å². The first kappa shape index (κ1) is 23.0. The Morgan fingerprint density at radius 1 is 1.00 bits per heavy atom. The van der Waals surface area contributed by atoms with E-state index in [-0.39, 0.29) is 6.42 Å². The first-order chi connectivity index (χ1) is 16.4. The van der Waals surface area contributed by atoms with Crippen LogP contribution < -0.4 is 14.8 Å². The fourth-order valence-electron chi connectivity index (χ4n) is 3.87. The summed E-state index contributed by atoms with van der Waals surface area (Å²) in [7, 11) is 4.41. The summed E-state index contributed by atoms with van der Waals surface area (Å²) in [6.45, 7) is 1.70. The maximum absolute atomic E-state index is 13.1. The number of rotatable bonds is 8. The number of furan rings is 1. The molecule has 0 saturated carbocycles. The predicted molar refractivity (Wildman–Crippen MR) is 127 cm³/mol. The number of para-hydroxylation sites is 1. The molecule has 2 aromatic heterocycles. The third-order valence-electron chi connectivity index (χ3n) is 5.63. The first-order valence-corrected chi connectivity index (χ1v) is 10.7. The van der Waals surface area contributed by atoms with Crippen LogP contribution in [0.3, 0.4) is 0 Å². The molecule has 4 rings (SSSR count). The number of aromatic nitrogens is 1. The molecule has 8 nitrogen and oxygen atoms in total. The zero-order chi connectivity index (χ0) is 24.2. The van der Waals surface area contributed by atoms with Gasteiger partial charge in [0.05, 0.1) is 26.9 Å². The van der Waals surface area contributed by atoms with Crippen LogP contribution in [0.15, 0.2) is 59.0 Å². The number of esters is 1. The molecule has 0 aliphatic heterocycles. The minimum absolute atomic E-state index is 0.256. The van der Waals surface area contributed by atoms with Gasteiger partial charge in [-0.2, -0.15) is 0 Å². The fourth-order valence-corrected chi connectivity index (χ4v) is 3.87. The summed E-state index contributed by atoms with van der Waals surface area (Å²) in [4.78, 5) is 28.8. The molecule has 2 aromatic carbocycles. The van der Waals surface area contributed by atoms with E-state index >= 15 is 0 Å². The van der Waals surface area contributed by atoms with Gasteiger partial charge in [-0.3, -0.25) is 4.79 Å². The zero-order valence-electron chi connectivity index (χ0n) is 19.4. The van der Waals surface area contributed by atoms with Crippen molar-refractivity contribution < 1.29 is 28.2 Å².